The van der Waals surface area contributed by atoms with Gasteiger partial charge >= 0.3 is 6.18 Å². The molecule has 3 aromatic rings. The lowest BCUT2D eigenvalue weighted by atomic mass is 10.0. The van der Waals surface area contributed by atoms with Crippen molar-refractivity contribution in [2.75, 3.05) is 11.9 Å². The van der Waals surface area contributed by atoms with Crippen molar-refractivity contribution in [3.63, 3.8) is 0 Å². The molecule has 0 bridgehead atoms. The van der Waals surface area contributed by atoms with E-state index >= 15 is 0 Å². The maximum absolute atomic E-state index is 13.0. The summed E-state index contributed by atoms with van der Waals surface area (Å²) in [6.45, 7) is 6.58. The largest absolute Gasteiger partial charge is 0.484 e. The molecule has 160 valence electrons. The molecule has 0 aliphatic rings. The molecule has 1 N–H and O–H groups in total. The molecule has 0 radical (unpaired) electrons. The number of benzene rings is 1. The van der Waals surface area contributed by atoms with Gasteiger partial charge in [-0.25, -0.2) is 9.67 Å². The zero-order chi connectivity index (χ0) is 22.1. The number of carbonyl (C=O) groups excluding carboxylic acids is 1. The fourth-order valence-corrected chi connectivity index (χ4v) is 2.90. The van der Waals surface area contributed by atoms with Crippen LogP contribution in [0.4, 0.5) is 18.9 Å². The molecule has 6 nitrogen and oxygen atoms in total. The number of amides is 1. The maximum Gasteiger partial charge on any atom is 0.422 e. The number of nitrogens with zero attached hydrogens (tertiary/aromatic N) is 3. The molecule has 0 fully saturated rings. The van der Waals surface area contributed by atoms with Gasteiger partial charge in [0.2, 0.25) is 0 Å². The molecular formula is C21H23F3N4O2. The molecule has 0 spiro atoms. The molecule has 2 aromatic heterocycles. The van der Waals surface area contributed by atoms with Gasteiger partial charge in [0.1, 0.15) is 5.75 Å². The molecule has 2 heterocycles. The number of fused-ring (bicyclic) bond motifs is 1. The standard InChI is InChI=1S/C21H23F3N4O2/c1-12(2)18-9-16(17-10-25-28(13(3)4)19(17)27-18)20(29)26-14-5-7-15(8-6-14)30-11-21(22,23)24/h5-10,12-13H,11H2,1-4H3,(H,26,29). The number of carbonyl (C=O) groups is 1. The summed E-state index contributed by atoms with van der Waals surface area (Å²) in [7, 11) is 0. The van der Waals surface area contributed by atoms with Crippen LogP contribution in [0.3, 0.4) is 0 Å². The number of hydrogen-bond acceptors (Lipinski definition) is 4. The Morgan fingerprint density at radius 1 is 1.17 bits per heavy atom. The predicted octanol–water partition coefficient (Wildman–Crippen LogP) is 5.33. The summed E-state index contributed by atoms with van der Waals surface area (Å²) in [5.74, 6) is -0.171. The first-order valence-electron chi connectivity index (χ1n) is 9.54. The Morgan fingerprint density at radius 3 is 2.40 bits per heavy atom. The lowest BCUT2D eigenvalue weighted by Gasteiger charge is -2.13. The van der Waals surface area contributed by atoms with E-state index in [9.17, 15) is 18.0 Å². The molecule has 0 atom stereocenters. The smallest absolute Gasteiger partial charge is 0.422 e. The average molecular weight is 420 g/mol. The van der Waals surface area contributed by atoms with E-state index in [0.29, 0.717) is 22.3 Å². The second-order valence-electron chi connectivity index (χ2n) is 7.55. The Morgan fingerprint density at radius 2 is 1.83 bits per heavy atom. The van der Waals surface area contributed by atoms with Crippen molar-refractivity contribution in [2.45, 2.75) is 45.8 Å². The summed E-state index contributed by atoms with van der Waals surface area (Å²) in [4.78, 5) is 17.6. The number of aromatic nitrogens is 3. The molecule has 30 heavy (non-hydrogen) atoms. The Kier molecular flexibility index (Phi) is 6.00. The number of alkyl halides is 3. The Labute approximate surface area is 172 Å². The van der Waals surface area contributed by atoms with Crippen LogP contribution in [0.5, 0.6) is 5.75 Å². The summed E-state index contributed by atoms with van der Waals surface area (Å²) in [5.41, 5.74) is 2.28. The molecule has 0 saturated carbocycles. The predicted molar refractivity (Wildman–Crippen MR) is 108 cm³/mol. The van der Waals surface area contributed by atoms with E-state index in [1.807, 2.05) is 27.7 Å². The maximum atomic E-state index is 13.0. The van der Waals surface area contributed by atoms with Gasteiger partial charge in [-0.05, 0) is 50.1 Å². The third-order valence-electron chi connectivity index (χ3n) is 4.43. The highest BCUT2D eigenvalue weighted by atomic mass is 19.4. The molecule has 0 aliphatic carbocycles. The van der Waals surface area contributed by atoms with Crippen LogP contribution in [0.15, 0.2) is 36.5 Å². The first-order chi connectivity index (χ1) is 14.0. The van der Waals surface area contributed by atoms with Gasteiger partial charge in [0, 0.05) is 17.4 Å². The molecule has 9 heteroatoms. The zero-order valence-electron chi connectivity index (χ0n) is 17.1. The van der Waals surface area contributed by atoms with Crippen molar-refractivity contribution in [1.29, 1.82) is 0 Å². The van der Waals surface area contributed by atoms with Crippen LogP contribution in [-0.2, 0) is 0 Å². The third-order valence-corrected chi connectivity index (χ3v) is 4.43. The fourth-order valence-electron chi connectivity index (χ4n) is 2.90. The molecule has 0 saturated heterocycles. The average Bonchev–Trinajstić information content (AvgIpc) is 3.10. The van der Waals surface area contributed by atoms with Crippen LogP contribution in [0, 0.1) is 0 Å². The van der Waals surface area contributed by atoms with E-state index in [-0.39, 0.29) is 23.6 Å². The van der Waals surface area contributed by atoms with Crippen molar-refractivity contribution in [3.8, 4) is 5.75 Å². The van der Waals surface area contributed by atoms with Gasteiger partial charge in [0.05, 0.1) is 17.1 Å². The number of hydrogen-bond donors (Lipinski definition) is 1. The number of pyridine rings is 1. The van der Waals surface area contributed by atoms with E-state index in [1.165, 1.54) is 24.3 Å². The number of ether oxygens (including phenoxy) is 1. The summed E-state index contributed by atoms with van der Waals surface area (Å²) >= 11 is 0. The highest BCUT2D eigenvalue weighted by Crippen LogP contribution is 2.26. The summed E-state index contributed by atoms with van der Waals surface area (Å²) in [6.07, 6.45) is -2.79. The molecule has 1 amide bonds. The monoisotopic (exact) mass is 420 g/mol. The van der Waals surface area contributed by atoms with Crippen molar-refractivity contribution in [2.24, 2.45) is 0 Å². The molecule has 0 unspecified atom stereocenters. The van der Waals surface area contributed by atoms with Gasteiger partial charge in [-0.15, -0.1) is 0 Å². The van der Waals surface area contributed by atoms with Crippen molar-refractivity contribution in [3.05, 3.63) is 47.8 Å². The van der Waals surface area contributed by atoms with Crippen LogP contribution in [0.25, 0.3) is 11.0 Å². The van der Waals surface area contributed by atoms with Crippen LogP contribution < -0.4 is 10.1 Å². The lowest BCUT2D eigenvalue weighted by molar-refractivity contribution is -0.153. The number of rotatable bonds is 6. The van der Waals surface area contributed by atoms with Crippen molar-refractivity contribution < 1.29 is 22.7 Å². The van der Waals surface area contributed by atoms with E-state index < -0.39 is 12.8 Å². The molecule has 0 aliphatic heterocycles. The van der Waals surface area contributed by atoms with E-state index in [4.69, 9.17) is 0 Å². The Hall–Kier alpha value is -3.10. The number of nitrogens with one attached hydrogen (secondary N) is 1. The van der Waals surface area contributed by atoms with Gasteiger partial charge in [-0.1, -0.05) is 13.8 Å². The SMILES string of the molecule is CC(C)c1cc(C(=O)Nc2ccc(OCC(F)(F)F)cc2)c2cnn(C(C)C)c2n1. The van der Waals surface area contributed by atoms with Crippen molar-refractivity contribution >= 4 is 22.6 Å². The normalized spacial score (nSPS) is 12.0. The first-order valence-corrected chi connectivity index (χ1v) is 9.54. The first kappa shape index (κ1) is 21.6. The van der Waals surface area contributed by atoms with Crippen LogP contribution in [0.1, 0.15) is 55.7 Å². The minimum Gasteiger partial charge on any atom is -0.484 e. The Balaban J connectivity index is 1.86. The Bertz CT molecular complexity index is 1040. The van der Waals surface area contributed by atoms with Gasteiger partial charge in [0.15, 0.2) is 12.3 Å². The van der Waals surface area contributed by atoms with Gasteiger partial charge in [0.25, 0.3) is 5.91 Å². The topological polar surface area (TPSA) is 69.0 Å². The lowest BCUT2D eigenvalue weighted by Crippen LogP contribution is -2.19. The molecule has 1 aromatic carbocycles. The fraction of sp³-hybridized carbons (Fsp3) is 0.381. The van der Waals surface area contributed by atoms with Gasteiger partial charge in [-0.2, -0.15) is 18.3 Å². The van der Waals surface area contributed by atoms with E-state index in [0.717, 1.165) is 5.69 Å². The van der Waals surface area contributed by atoms with Gasteiger partial charge < -0.3 is 10.1 Å². The third kappa shape index (κ3) is 4.90. The van der Waals surface area contributed by atoms with Crippen molar-refractivity contribution in [1.82, 2.24) is 14.8 Å². The second-order valence-corrected chi connectivity index (χ2v) is 7.55. The summed E-state index contributed by atoms with van der Waals surface area (Å²) in [6, 6.07) is 7.55. The van der Waals surface area contributed by atoms with E-state index in [2.05, 4.69) is 20.1 Å². The molecule has 3 rings (SSSR count). The van der Waals surface area contributed by atoms with Crippen LogP contribution >= 0.6 is 0 Å². The second kappa shape index (κ2) is 8.33. The number of halogens is 3. The van der Waals surface area contributed by atoms with E-state index in [1.54, 1.807) is 16.9 Å². The summed E-state index contributed by atoms with van der Waals surface area (Å²) < 4.78 is 43.2. The van der Waals surface area contributed by atoms with Crippen LogP contribution in [0.2, 0.25) is 0 Å². The quantitative estimate of drug-likeness (QED) is 0.585. The summed E-state index contributed by atoms with van der Waals surface area (Å²) in [5, 5.41) is 7.77. The molecular weight excluding hydrogens is 397 g/mol. The highest BCUT2D eigenvalue weighted by molar-refractivity contribution is 6.12. The minimum absolute atomic E-state index is 0.0666. The zero-order valence-corrected chi connectivity index (χ0v) is 17.1. The van der Waals surface area contributed by atoms with Crippen LogP contribution in [-0.4, -0.2) is 33.5 Å². The minimum atomic E-state index is -4.41. The number of anilines is 1. The highest BCUT2D eigenvalue weighted by Gasteiger charge is 2.28. The van der Waals surface area contributed by atoms with Gasteiger partial charge in [-0.3, -0.25) is 4.79 Å².